The Balaban J connectivity index is 2.52. The highest BCUT2D eigenvalue weighted by atomic mass is 79.9. The first kappa shape index (κ1) is 15.4. The molecule has 2 rings (SSSR count). The molecule has 1 N–H and O–H groups in total. The second-order valence-corrected chi connectivity index (χ2v) is 6.92. The van der Waals surface area contributed by atoms with Crippen LogP contribution in [0.3, 0.4) is 0 Å². The van der Waals surface area contributed by atoms with Crippen molar-refractivity contribution in [3.05, 3.63) is 53.8 Å². The van der Waals surface area contributed by atoms with Crippen LogP contribution in [-0.4, -0.2) is 6.54 Å². The van der Waals surface area contributed by atoms with Gasteiger partial charge in [-0.2, -0.15) is 0 Å². The second kappa shape index (κ2) is 6.68. The van der Waals surface area contributed by atoms with Gasteiger partial charge in [-0.3, -0.25) is 0 Å². The number of nitrogens with one attached hydrogen (secondary N) is 1. The van der Waals surface area contributed by atoms with Gasteiger partial charge in [-0.15, -0.1) is 11.3 Å². The van der Waals surface area contributed by atoms with Crippen molar-refractivity contribution in [2.75, 3.05) is 6.54 Å². The maximum absolute atomic E-state index is 14.3. The molecule has 1 nitrogen and oxygen atoms in total. The molecule has 1 heterocycles. The normalized spacial score (nSPS) is 12.7. The molecule has 102 valence electrons. The molecular weight excluding hydrogens is 416 g/mol. The number of rotatable bonds is 4. The van der Waals surface area contributed by atoms with Crippen LogP contribution >= 0.6 is 54.8 Å². The summed E-state index contributed by atoms with van der Waals surface area (Å²) >= 11 is 14.3. The Morgan fingerprint density at radius 1 is 1.32 bits per heavy atom. The first-order chi connectivity index (χ1) is 9.06. The first-order valence-electron chi connectivity index (χ1n) is 5.66. The molecule has 0 aliphatic heterocycles. The maximum Gasteiger partial charge on any atom is 0.148 e. The highest BCUT2D eigenvalue weighted by Crippen LogP contribution is 2.37. The SMILES string of the molecule is CCNC(c1ccc(Br)c(Cl)c1F)c1sccc1Br. The smallest absolute Gasteiger partial charge is 0.148 e. The molecule has 0 saturated heterocycles. The summed E-state index contributed by atoms with van der Waals surface area (Å²) in [5, 5.41) is 5.39. The lowest BCUT2D eigenvalue weighted by atomic mass is 10.0. The molecule has 2 aromatic rings. The lowest BCUT2D eigenvalue weighted by Gasteiger charge is -2.19. The molecule has 0 fully saturated rings. The number of benzene rings is 1. The molecule has 0 radical (unpaired) electrons. The number of hydrogen-bond acceptors (Lipinski definition) is 2. The van der Waals surface area contributed by atoms with Gasteiger partial charge in [-0.25, -0.2) is 4.39 Å². The van der Waals surface area contributed by atoms with Gasteiger partial charge in [0.05, 0.1) is 11.1 Å². The molecule has 1 unspecified atom stereocenters. The average Bonchev–Trinajstić information content (AvgIpc) is 2.80. The minimum absolute atomic E-state index is 0.119. The largest absolute Gasteiger partial charge is 0.306 e. The van der Waals surface area contributed by atoms with Gasteiger partial charge in [0.2, 0.25) is 0 Å². The third kappa shape index (κ3) is 3.22. The minimum Gasteiger partial charge on any atom is -0.306 e. The van der Waals surface area contributed by atoms with E-state index in [0.29, 0.717) is 10.0 Å². The average molecular weight is 428 g/mol. The van der Waals surface area contributed by atoms with E-state index in [1.54, 1.807) is 23.5 Å². The van der Waals surface area contributed by atoms with Crippen LogP contribution in [0.4, 0.5) is 4.39 Å². The Kier molecular flexibility index (Phi) is 5.43. The first-order valence-corrected chi connectivity index (χ1v) is 8.50. The van der Waals surface area contributed by atoms with Crippen LogP contribution in [-0.2, 0) is 0 Å². The molecule has 0 amide bonds. The van der Waals surface area contributed by atoms with Crippen LogP contribution < -0.4 is 5.32 Å². The molecule has 1 atom stereocenters. The molecule has 0 aliphatic carbocycles. The van der Waals surface area contributed by atoms with Crippen molar-refractivity contribution in [1.29, 1.82) is 0 Å². The van der Waals surface area contributed by atoms with Crippen molar-refractivity contribution in [2.24, 2.45) is 0 Å². The van der Waals surface area contributed by atoms with Crippen LogP contribution in [0.1, 0.15) is 23.4 Å². The number of halogens is 4. The topological polar surface area (TPSA) is 12.0 Å². The molecule has 1 aromatic carbocycles. The van der Waals surface area contributed by atoms with E-state index in [1.165, 1.54) is 0 Å². The van der Waals surface area contributed by atoms with Gasteiger partial charge in [-0.1, -0.05) is 24.6 Å². The van der Waals surface area contributed by atoms with Crippen LogP contribution in [0.25, 0.3) is 0 Å². The van der Waals surface area contributed by atoms with Gasteiger partial charge in [0.15, 0.2) is 0 Å². The molecule has 0 saturated carbocycles. The van der Waals surface area contributed by atoms with Crippen LogP contribution in [0.15, 0.2) is 32.5 Å². The fourth-order valence-electron chi connectivity index (χ4n) is 1.82. The van der Waals surface area contributed by atoms with Gasteiger partial charge >= 0.3 is 0 Å². The van der Waals surface area contributed by atoms with E-state index in [0.717, 1.165) is 15.9 Å². The second-order valence-electron chi connectivity index (χ2n) is 3.89. The summed E-state index contributed by atoms with van der Waals surface area (Å²) in [5.41, 5.74) is 0.554. The summed E-state index contributed by atoms with van der Waals surface area (Å²) in [5.74, 6) is -0.387. The zero-order valence-electron chi connectivity index (χ0n) is 10.0. The van der Waals surface area contributed by atoms with Crippen molar-refractivity contribution < 1.29 is 4.39 Å². The van der Waals surface area contributed by atoms with Gasteiger partial charge in [0.25, 0.3) is 0 Å². The molecule has 6 heteroatoms. The summed E-state index contributed by atoms with van der Waals surface area (Å²) in [7, 11) is 0. The van der Waals surface area contributed by atoms with E-state index in [1.807, 2.05) is 18.4 Å². The molecular formula is C13H11Br2ClFNS. The summed E-state index contributed by atoms with van der Waals surface area (Å²) in [6.45, 7) is 2.73. The lowest BCUT2D eigenvalue weighted by Crippen LogP contribution is -2.22. The summed E-state index contributed by atoms with van der Waals surface area (Å²) in [4.78, 5) is 1.04. The predicted molar refractivity (Wildman–Crippen MR) is 86.6 cm³/mol. The highest BCUT2D eigenvalue weighted by Gasteiger charge is 2.22. The summed E-state index contributed by atoms with van der Waals surface area (Å²) < 4.78 is 15.9. The summed E-state index contributed by atoms with van der Waals surface area (Å²) in [6.07, 6.45) is 0. The molecule has 0 bridgehead atoms. The zero-order chi connectivity index (χ0) is 14.0. The Morgan fingerprint density at radius 2 is 2.05 bits per heavy atom. The predicted octanol–water partition coefficient (Wildman–Crippen LogP) is 5.76. The van der Waals surface area contributed by atoms with E-state index >= 15 is 0 Å². The third-order valence-electron chi connectivity index (χ3n) is 2.69. The summed E-state index contributed by atoms with van der Waals surface area (Å²) in [6, 6.07) is 5.28. The minimum atomic E-state index is -0.387. The van der Waals surface area contributed by atoms with Crippen molar-refractivity contribution in [2.45, 2.75) is 13.0 Å². The Bertz CT molecular complexity index is 588. The van der Waals surface area contributed by atoms with Gasteiger partial charge in [0, 0.05) is 19.4 Å². The van der Waals surface area contributed by atoms with Crippen molar-refractivity contribution in [3.8, 4) is 0 Å². The van der Waals surface area contributed by atoms with Gasteiger partial charge in [-0.05, 0) is 55.9 Å². The van der Waals surface area contributed by atoms with Crippen molar-refractivity contribution in [3.63, 3.8) is 0 Å². The van der Waals surface area contributed by atoms with Gasteiger partial charge in [0.1, 0.15) is 5.82 Å². The Morgan fingerprint density at radius 3 is 2.63 bits per heavy atom. The fourth-order valence-corrected chi connectivity index (χ4v) is 4.00. The number of hydrogen-bond donors (Lipinski definition) is 1. The van der Waals surface area contributed by atoms with E-state index in [9.17, 15) is 4.39 Å². The van der Waals surface area contributed by atoms with E-state index in [-0.39, 0.29) is 16.9 Å². The zero-order valence-corrected chi connectivity index (χ0v) is 14.8. The van der Waals surface area contributed by atoms with E-state index < -0.39 is 0 Å². The molecule has 0 aliphatic rings. The number of thiophene rings is 1. The molecule has 1 aromatic heterocycles. The standard InChI is InChI=1S/C13H11Br2ClFNS/c1-2-18-12(13-9(15)5-6-19-13)7-3-4-8(14)10(16)11(7)17/h3-6,12,18H,2H2,1H3. The monoisotopic (exact) mass is 425 g/mol. The van der Waals surface area contributed by atoms with Crippen LogP contribution in [0.5, 0.6) is 0 Å². The van der Waals surface area contributed by atoms with Gasteiger partial charge < -0.3 is 5.32 Å². The van der Waals surface area contributed by atoms with Crippen LogP contribution in [0, 0.1) is 5.82 Å². The maximum atomic E-state index is 14.3. The van der Waals surface area contributed by atoms with Crippen molar-refractivity contribution >= 4 is 54.8 Å². The highest BCUT2D eigenvalue weighted by molar-refractivity contribution is 9.10. The fraction of sp³-hybridized carbons (Fsp3) is 0.231. The molecule has 0 spiro atoms. The van der Waals surface area contributed by atoms with Crippen molar-refractivity contribution in [1.82, 2.24) is 5.32 Å². The quantitative estimate of drug-likeness (QED) is 0.612. The van der Waals surface area contributed by atoms with E-state index in [4.69, 9.17) is 11.6 Å². The van der Waals surface area contributed by atoms with E-state index in [2.05, 4.69) is 37.2 Å². The Labute approximate surface area is 137 Å². The van der Waals surface area contributed by atoms with Crippen LogP contribution in [0.2, 0.25) is 5.02 Å². The lowest BCUT2D eigenvalue weighted by molar-refractivity contribution is 0.562. The third-order valence-corrected chi connectivity index (χ3v) is 5.89. The Hall–Kier alpha value is 0.0600. The molecule has 19 heavy (non-hydrogen) atoms.